The highest BCUT2D eigenvalue weighted by atomic mass is 35.5. The molecular formula is C21H25ClFN5. The molecule has 0 radical (unpaired) electrons. The lowest BCUT2D eigenvalue weighted by molar-refractivity contribution is 0.606. The van der Waals surface area contributed by atoms with Gasteiger partial charge in [0.15, 0.2) is 5.96 Å². The SMILES string of the molecule is CN=C(NCC1(c2ccc(F)cc2)CC1)NC1CCN(c2ncccc2Cl)C1. The third-order valence-electron chi connectivity index (χ3n) is 5.70. The van der Waals surface area contributed by atoms with Crippen LogP contribution in [0.15, 0.2) is 47.6 Å². The second-order valence-electron chi connectivity index (χ2n) is 7.60. The van der Waals surface area contributed by atoms with Crippen molar-refractivity contribution >= 4 is 23.4 Å². The van der Waals surface area contributed by atoms with Gasteiger partial charge in [-0.3, -0.25) is 4.99 Å². The zero-order valence-electron chi connectivity index (χ0n) is 16.0. The van der Waals surface area contributed by atoms with Crippen LogP contribution in [0.4, 0.5) is 10.2 Å². The molecule has 1 aliphatic heterocycles. The van der Waals surface area contributed by atoms with Gasteiger partial charge in [-0.2, -0.15) is 0 Å². The summed E-state index contributed by atoms with van der Waals surface area (Å²) in [6.07, 6.45) is 4.99. The second-order valence-corrected chi connectivity index (χ2v) is 8.00. The van der Waals surface area contributed by atoms with Gasteiger partial charge in [-0.05, 0) is 49.1 Å². The minimum absolute atomic E-state index is 0.0918. The maximum absolute atomic E-state index is 13.2. The summed E-state index contributed by atoms with van der Waals surface area (Å²) >= 11 is 6.28. The molecular weight excluding hydrogens is 377 g/mol. The Kier molecular flexibility index (Phi) is 5.40. The number of anilines is 1. The highest BCUT2D eigenvalue weighted by Gasteiger charge is 2.44. The molecule has 7 heteroatoms. The van der Waals surface area contributed by atoms with Crippen molar-refractivity contribution in [3.8, 4) is 0 Å². The van der Waals surface area contributed by atoms with Crippen molar-refractivity contribution in [2.45, 2.75) is 30.7 Å². The lowest BCUT2D eigenvalue weighted by Gasteiger charge is -2.22. The van der Waals surface area contributed by atoms with Gasteiger partial charge in [-0.15, -0.1) is 0 Å². The Morgan fingerprint density at radius 1 is 1.32 bits per heavy atom. The number of aliphatic imine (C=N–C) groups is 1. The second kappa shape index (κ2) is 7.95. The van der Waals surface area contributed by atoms with Gasteiger partial charge in [0, 0.05) is 44.3 Å². The molecule has 0 spiro atoms. The molecule has 0 amide bonds. The van der Waals surface area contributed by atoms with Crippen LogP contribution < -0.4 is 15.5 Å². The fraction of sp³-hybridized carbons (Fsp3) is 0.429. The normalized spacial score (nSPS) is 20.9. The lowest BCUT2D eigenvalue weighted by Crippen LogP contribution is -2.46. The van der Waals surface area contributed by atoms with E-state index in [9.17, 15) is 4.39 Å². The first-order valence-corrected chi connectivity index (χ1v) is 10.1. The summed E-state index contributed by atoms with van der Waals surface area (Å²) in [5.41, 5.74) is 1.28. The highest BCUT2D eigenvalue weighted by molar-refractivity contribution is 6.32. The molecule has 2 aliphatic rings. The molecule has 1 atom stereocenters. The van der Waals surface area contributed by atoms with Gasteiger partial charge in [-0.1, -0.05) is 23.7 Å². The summed E-state index contributed by atoms with van der Waals surface area (Å²) in [4.78, 5) is 11.0. The molecule has 0 bridgehead atoms. The number of pyridine rings is 1. The standard InChI is InChI=1S/C21H25ClFN5/c1-24-20(26-14-21(9-10-21)15-4-6-16(23)7-5-15)27-17-8-12-28(13-17)19-18(22)3-2-11-25-19/h2-7,11,17H,8-10,12-14H2,1H3,(H2,24,26,27). The van der Waals surface area contributed by atoms with Crippen molar-refractivity contribution in [1.82, 2.24) is 15.6 Å². The minimum atomic E-state index is -0.191. The van der Waals surface area contributed by atoms with E-state index in [1.54, 1.807) is 25.4 Å². The van der Waals surface area contributed by atoms with Crippen molar-refractivity contribution in [2.75, 3.05) is 31.6 Å². The summed E-state index contributed by atoms with van der Waals surface area (Å²) in [6.45, 7) is 2.53. The maximum Gasteiger partial charge on any atom is 0.191 e. The number of benzene rings is 1. The minimum Gasteiger partial charge on any atom is -0.356 e. The summed E-state index contributed by atoms with van der Waals surface area (Å²) in [5.74, 6) is 1.45. The van der Waals surface area contributed by atoms with Crippen LogP contribution >= 0.6 is 11.6 Å². The fourth-order valence-electron chi connectivity index (χ4n) is 3.84. The van der Waals surface area contributed by atoms with Gasteiger partial charge in [0.05, 0.1) is 5.02 Å². The molecule has 2 fully saturated rings. The monoisotopic (exact) mass is 401 g/mol. The molecule has 5 nitrogen and oxygen atoms in total. The number of halogens is 2. The van der Waals surface area contributed by atoms with Gasteiger partial charge < -0.3 is 15.5 Å². The Labute approximate surface area is 170 Å². The molecule has 4 rings (SSSR count). The van der Waals surface area contributed by atoms with E-state index in [-0.39, 0.29) is 17.3 Å². The van der Waals surface area contributed by atoms with E-state index >= 15 is 0 Å². The number of aromatic nitrogens is 1. The topological polar surface area (TPSA) is 52.6 Å². The Bertz CT molecular complexity index is 850. The molecule has 1 unspecified atom stereocenters. The highest BCUT2D eigenvalue weighted by Crippen LogP contribution is 2.47. The number of nitrogens with zero attached hydrogens (tertiary/aromatic N) is 3. The van der Waals surface area contributed by atoms with Crippen molar-refractivity contribution in [1.29, 1.82) is 0 Å². The molecule has 2 aromatic rings. The molecule has 1 aromatic carbocycles. The molecule has 1 saturated carbocycles. The van der Waals surface area contributed by atoms with E-state index in [1.165, 1.54) is 5.56 Å². The number of hydrogen-bond donors (Lipinski definition) is 2. The Hall–Kier alpha value is -2.34. The molecule has 28 heavy (non-hydrogen) atoms. The van der Waals surface area contributed by atoms with Crippen LogP contribution in [-0.2, 0) is 5.41 Å². The Morgan fingerprint density at radius 2 is 2.11 bits per heavy atom. The van der Waals surface area contributed by atoms with Crippen molar-refractivity contribution in [3.63, 3.8) is 0 Å². The predicted molar refractivity (Wildman–Crippen MR) is 112 cm³/mol. The van der Waals surface area contributed by atoms with Crippen molar-refractivity contribution in [3.05, 3.63) is 59.0 Å². The molecule has 2 heterocycles. The first-order valence-electron chi connectivity index (χ1n) is 9.68. The van der Waals surface area contributed by atoms with Crippen LogP contribution in [0.5, 0.6) is 0 Å². The van der Waals surface area contributed by atoms with Crippen LogP contribution in [0.25, 0.3) is 0 Å². The first-order chi connectivity index (χ1) is 13.6. The van der Waals surface area contributed by atoms with E-state index < -0.39 is 0 Å². The zero-order chi connectivity index (χ0) is 19.6. The average molecular weight is 402 g/mol. The number of nitrogens with one attached hydrogen (secondary N) is 2. The van der Waals surface area contributed by atoms with Crippen LogP contribution in [0.2, 0.25) is 5.02 Å². The summed E-state index contributed by atoms with van der Waals surface area (Å²) < 4.78 is 13.2. The number of hydrogen-bond acceptors (Lipinski definition) is 3. The molecule has 2 N–H and O–H groups in total. The van der Waals surface area contributed by atoms with Gasteiger partial charge in [-0.25, -0.2) is 9.37 Å². The third kappa shape index (κ3) is 4.07. The van der Waals surface area contributed by atoms with Gasteiger partial charge >= 0.3 is 0 Å². The molecule has 148 valence electrons. The molecule has 1 saturated heterocycles. The van der Waals surface area contributed by atoms with Crippen LogP contribution in [0.3, 0.4) is 0 Å². The van der Waals surface area contributed by atoms with Gasteiger partial charge in [0.2, 0.25) is 0 Å². The number of guanidine groups is 1. The van der Waals surface area contributed by atoms with Crippen LogP contribution in [-0.4, -0.2) is 43.7 Å². The van der Waals surface area contributed by atoms with Crippen molar-refractivity contribution in [2.24, 2.45) is 4.99 Å². The van der Waals surface area contributed by atoms with Gasteiger partial charge in [0.25, 0.3) is 0 Å². The Balaban J connectivity index is 1.32. The average Bonchev–Trinajstić information content (AvgIpc) is 3.36. The fourth-order valence-corrected chi connectivity index (χ4v) is 4.08. The van der Waals surface area contributed by atoms with Gasteiger partial charge in [0.1, 0.15) is 11.6 Å². The summed E-state index contributed by atoms with van der Waals surface area (Å²) in [7, 11) is 1.79. The summed E-state index contributed by atoms with van der Waals surface area (Å²) in [5, 5.41) is 7.66. The summed E-state index contributed by atoms with van der Waals surface area (Å²) in [6, 6.07) is 10.9. The molecule has 1 aliphatic carbocycles. The largest absolute Gasteiger partial charge is 0.356 e. The van der Waals surface area contributed by atoms with E-state index in [2.05, 4.69) is 25.5 Å². The molecule has 1 aromatic heterocycles. The van der Waals surface area contributed by atoms with Crippen LogP contribution in [0.1, 0.15) is 24.8 Å². The van der Waals surface area contributed by atoms with E-state index in [1.807, 2.05) is 24.3 Å². The quantitative estimate of drug-likeness (QED) is 0.596. The lowest BCUT2D eigenvalue weighted by atomic mass is 9.96. The zero-order valence-corrected chi connectivity index (χ0v) is 16.7. The predicted octanol–water partition coefficient (Wildman–Crippen LogP) is 3.35. The van der Waals surface area contributed by atoms with E-state index in [4.69, 9.17) is 11.6 Å². The maximum atomic E-state index is 13.2. The number of rotatable bonds is 5. The first kappa shape index (κ1) is 19.0. The third-order valence-corrected chi connectivity index (χ3v) is 5.99. The van der Waals surface area contributed by atoms with Crippen molar-refractivity contribution < 1.29 is 4.39 Å². The van der Waals surface area contributed by atoms with E-state index in [0.29, 0.717) is 5.02 Å². The van der Waals surface area contributed by atoms with Crippen LogP contribution in [0, 0.1) is 5.82 Å². The smallest absolute Gasteiger partial charge is 0.191 e. The Morgan fingerprint density at radius 3 is 2.79 bits per heavy atom. The van der Waals surface area contributed by atoms with E-state index in [0.717, 1.165) is 50.7 Å².